The number of aromatic nitrogens is 8. The molecular formula is C70H44N8S. The molecule has 15 rings (SSSR count). The van der Waals surface area contributed by atoms with E-state index < -0.39 is 0 Å². The summed E-state index contributed by atoms with van der Waals surface area (Å²) in [5, 5.41) is 16.2. The van der Waals surface area contributed by atoms with Crippen molar-refractivity contribution in [1.29, 1.82) is 0 Å². The van der Waals surface area contributed by atoms with E-state index in [0.29, 0.717) is 0 Å². The molecule has 7 aromatic heterocycles. The zero-order valence-corrected chi connectivity index (χ0v) is 43.2. The average molecular weight is 1030 g/mol. The Kier molecular flexibility index (Phi) is 11.2. The first-order chi connectivity index (χ1) is 39.1. The van der Waals surface area contributed by atoms with Crippen LogP contribution in [0.1, 0.15) is 0 Å². The SMILES string of the molecule is c1ccc(-c2cc(-c3cccc(-c4cccnc4)n3)cc(-n3c4ccccc4c4ccc(-c5nnc(-c6ccc7c8ccccc8n(-c8cc(-c9ccccc9)cc(-c9cccc(-c%10cccnc%10)n9)c8)c7c6)s5)cc43)c2)cc1. The molecule has 0 radical (unpaired) electrons. The summed E-state index contributed by atoms with van der Waals surface area (Å²) in [6.45, 7) is 0. The summed E-state index contributed by atoms with van der Waals surface area (Å²) >= 11 is 1.60. The molecule has 7 heterocycles. The summed E-state index contributed by atoms with van der Waals surface area (Å²) in [7, 11) is 0. The molecule has 79 heavy (non-hydrogen) atoms. The van der Waals surface area contributed by atoms with Gasteiger partial charge in [-0.2, -0.15) is 0 Å². The first-order valence-electron chi connectivity index (χ1n) is 26.2. The van der Waals surface area contributed by atoms with Crippen LogP contribution in [-0.4, -0.2) is 39.3 Å². The minimum absolute atomic E-state index is 0.839. The summed E-state index contributed by atoms with van der Waals surface area (Å²) in [6, 6.07) is 85.8. The lowest BCUT2D eigenvalue weighted by molar-refractivity contribution is 1.10. The van der Waals surface area contributed by atoms with Gasteiger partial charge in [0.1, 0.15) is 10.0 Å². The Morgan fingerprint density at radius 2 is 0.658 bits per heavy atom. The molecule has 0 fully saturated rings. The van der Waals surface area contributed by atoms with Crippen molar-refractivity contribution in [3.63, 3.8) is 0 Å². The van der Waals surface area contributed by atoms with E-state index in [9.17, 15) is 0 Å². The number of fused-ring (bicyclic) bond motifs is 6. The quantitative estimate of drug-likeness (QED) is 0.136. The highest BCUT2D eigenvalue weighted by atomic mass is 32.1. The van der Waals surface area contributed by atoms with E-state index in [2.05, 4.69) is 225 Å². The van der Waals surface area contributed by atoms with Crippen molar-refractivity contribution in [2.24, 2.45) is 0 Å². The third-order valence-electron chi connectivity index (χ3n) is 14.8. The number of pyridine rings is 4. The molecule has 370 valence electrons. The Hall–Kier alpha value is -10.5. The Labute approximate surface area is 458 Å². The number of para-hydroxylation sites is 2. The van der Waals surface area contributed by atoms with Crippen LogP contribution in [0.25, 0.3) is 143 Å². The molecule has 8 nitrogen and oxygen atoms in total. The van der Waals surface area contributed by atoms with Crippen molar-refractivity contribution in [3.8, 4) is 99.8 Å². The van der Waals surface area contributed by atoms with Crippen LogP contribution in [0, 0.1) is 0 Å². The number of hydrogen-bond donors (Lipinski definition) is 0. The van der Waals surface area contributed by atoms with Crippen LogP contribution in [0.2, 0.25) is 0 Å². The summed E-state index contributed by atoms with van der Waals surface area (Å²) in [6.07, 6.45) is 7.30. The molecule has 0 spiro atoms. The molecule has 0 aliphatic carbocycles. The largest absolute Gasteiger partial charge is 0.309 e. The minimum Gasteiger partial charge on any atom is -0.309 e. The molecule has 8 aromatic carbocycles. The lowest BCUT2D eigenvalue weighted by Crippen LogP contribution is -1.97. The molecule has 0 unspecified atom stereocenters. The first kappa shape index (κ1) is 45.9. The molecule has 0 saturated heterocycles. The van der Waals surface area contributed by atoms with Crippen LogP contribution in [0.5, 0.6) is 0 Å². The van der Waals surface area contributed by atoms with E-state index in [4.69, 9.17) is 20.2 Å². The Balaban J connectivity index is 0.851. The second-order valence-corrected chi connectivity index (χ2v) is 20.6. The molecule has 0 saturated carbocycles. The second kappa shape index (κ2) is 19.3. The molecule has 0 aliphatic heterocycles. The van der Waals surface area contributed by atoms with E-state index >= 15 is 0 Å². The van der Waals surface area contributed by atoms with Crippen LogP contribution in [-0.2, 0) is 0 Å². The summed E-state index contributed by atoms with van der Waals surface area (Å²) < 4.78 is 4.77. The van der Waals surface area contributed by atoms with E-state index in [-0.39, 0.29) is 0 Å². The maximum Gasteiger partial charge on any atom is 0.148 e. The topological polar surface area (TPSA) is 87.2 Å². The number of rotatable bonds is 10. The number of benzene rings is 8. The summed E-state index contributed by atoms with van der Waals surface area (Å²) in [5.41, 5.74) is 20.4. The van der Waals surface area contributed by atoms with Crippen LogP contribution < -0.4 is 0 Å². The Bertz CT molecular complexity index is 4480. The fourth-order valence-corrected chi connectivity index (χ4v) is 12.0. The van der Waals surface area contributed by atoms with Crippen LogP contribution in [0.3, 0.4) is 0 Å². The van der Waals surface area contributed by atoms with E-state index in [1.165, 1.54) is 10.8 Å². The molecule has 15 aromatic rings. The Morgan fingerprint density at radius 3 is 1.10 bits per heavy atom. The molecular weight excluding hydrogens is 985 g/mol. The standard InChI is InChI=1S/C70H44N8S/c1-3-15-45(16-4-1)51-35-53(63-25-11-23-61(73-63)49-19-13-33-71-43-49)39-55(37-51)77-65-27-9-7-21-57(65)59-31-29-47(41-67(59)77)69-75-76-70(79-69)48-30-32-60-58-22-8-10-28-66(58)78(68(60)42-48)56-38-52(46-17-5-2-6-18-46)36-54(40-56)64-26-12-24-62(74-64)50-20-14-34-72-44-50/h1-44H. The van der Waals surface area contributed by atoms with Gasteiger partial charge >= 0.3 is 0 Å². The fourth-order valence-electron chi connectivity index (χ4n) is 11.1. The number of nitrogens with zero attached hydrogens (tertiary/aromatic N) is 8. The molecule has 0 bridgehead atoms. The van der Waals surface area contributed by atoms with Crippen molar-refractivity contribution in [2.45, 2.75) is 0 Å². The molecule has 0 atom stereocenters. The summed E-state index contributed by atoms with van der Waals surface area (Å²) in [4.78, 5) is 19.1. The van der Waals surface area contributed by atoms with Crippen molar-refractivity contribution in [2.75, 3.05) is 0 Å². The lowest BCUT2D eigenvalue weighted by Gasteiger charge is -2.14. The van der Waals surface area contributed by atoms with E-state index in [1.54, 1.807) is 23.7 Å². The maximum absolute atomic E-state index is 5.20. The summed E-state index contributed by atoms with van der Waals surface area (Å²) in [5.74, 6) is 0. The second-order valence-electron chi connectivity index (χ2n) is 19.7. The van der Waals surface area contributed by atoms with E-state index in [0.717, 1.165) is 133 Å². The van der Waals surface area contributed by atoms with Gasteiger partial charge in [0.25, 0.3) is 0 Å². The van der Waals surface area contributed by atoms with Gasteiger partial charge in [0.15, 0.2) is 0 Å². The minimum atomic E-state index is 0.839. The highest BCUT2D eigenvalue weighted by molar-refractivity contribution is 7.17. The van der Waals surface area contributed by atoms with Gasteiger partial charge in [0.05, 0.1) is 44.8 Å². The molecule has 9 heteroatoms. The highest BCUT2D eigenvalue weighted by Gasteiger charge is 2.20. The van der Waals surface area contributed by atoms with Crippen molar-refractivity contribution < 1.29 is 0 Å². The van der Waals surface area contributed by atoms with Gasteiger partial charge in [0.2, 0.25) is 0 Å². The van der Waals surface area contributed by atoms with E-state index in [1.807, 2.05) is 48.8 Å². The molecule has 0 N–H and O–H groups in total. The highest BCUT2D eigenvalue weighted by Crippen LogP contribution is 2.42. The smallest absolute Gasteiger partial charge is 0.148 e. The van der Waals surface area contributed by atoms with Gasteiger partial charge in [-0.25, -0.2) is 9.97 Å². The van der Waals surface area contributed by atoms with Gasteiger partial charge in [-0.15, -0.1) is 10.2 Å². The fraction of sp³-hybridized carbons (Fsp3) is 0. The molecule has 0 aliphatic rings. The molecule has 0 amide bonds. The first-order valence-corrected chi connectivity index (χ1v) is 27.0. The van der Waals surface area contributed by atoms with Crippen LogP contribution >= 0.6 is 11.3 Å². The average Bonchev–Trinajstić information content (AvgIpc) is 4.45. The maximum atomic E-state index is 5.20. The zero-order chi connectivity index (χ0) is 52.2. The van der Waals surface area contributed by atoms with Gasteiger partial charge < -0.3 is 9.13 Å². The zero-order valence-electron chi connectivity index (χ0n) is 42.4. The third kappa shape index (κ3) is 8.33. The Morgan fingerprint density at radius 1 is 0.266 bits per heavy atom. The third-order valence-corrected chi connectivity index (χ3v) is 15.9. The van der Waals surface area contributed by atoms with Crippen LogP contribution in [0.15, 0.2) is 267 Å². The van der Waals surface area contributed by atoms with Gasteiger partial charge in [0, 0.05) is 91.1 Å². The van der Waals surface area contributed by atoms with Gasteiger partial charge in [-0.05, 0) is 131 Å². The monoisotopic (exact) mass is 1030 g/mol. The van der Waals surface area contributed by atoms with Gasteiger partial charge in [-0.3, -0.25) is 9.97 Å². The van der Waals surface area contributed by atoms with Gasteiger partial charge in [-0.1, -0.05) is 145 Å². The number of hydrogen-bond acceptors (Lipinski definition) is 7. The predicted octanol–water partition coefficient (Wildman–Crippen LogP) is 17.6. The van der Waals surface area contributed by atoms with Crippen LogP contribution in [0.4, 0.5) is 0 Å². The van der Waals surface area contributed by atoms with Crippen molar-refractivity contribution in [3.05, 3.63) is 267 Å². The van der Waals surface area contributed by atoms with Crippen molar-refractivity contribution in [1.82, 2.24) is 39.3 Å². The van der Waals surface area contributed by atoms with Crippen molar-refractivity contribution >= 4 is 54.9 Å². The normalized spacial score (nSPS) is 11.5. The predicted molar refractivity (Wildman–Crippen MR) is 323 cm³/mol. The lowest BCUT2D eigenvalue weighted by atomic mass is 9.99.